The van der Waals surface area contributed by atoms with Crippen LogP contribution in [0.25, 0.3) is 0 Å². The van der Waals surface area contributed by atoms with Gasteiger partial charge in [-0.3, -0.25) is 0 Å². The molecule has 0 radical (unpaired) electrons. The molecule has 0 spiro atoms. The largest absolute Gasteiger partial charge is 0.309 e. The number of thiophene rings is 1. The van der Waals surface area contributed by atoms with Crippen LogP contribution in [0.2, 0.25) is 0 Å². The van der Waals surface area contributed by atoms with E-state index >= 15 is 0 Å². The lowest BCUT2D eigenvalue weighted by atomic mass is 10.00. The summed E-state index contributed by atoms with van der Waals surface area (Å²) in [6, 6.07) is 11.1. The molecule has 0 saturated heterocycles. The summed E-state index contributed by atoms with van der Waals surface area (Å²) in [6.45, 7) is 4.30. The predicted octanol–water partition coefficient (Wildman–Crippen LogP) is 4.44. The highest BCUT2D eigenvalue weighted by Crippen LogP contribution is 2.34. The van der Waals surface area contributed by atoms with Crippen molar-refractivity contribution >= 4 is 27.3 Å². The molecule has 0 aliphatic carbocycles. The third kappa shape index (κ3) is 2.62. The summed E-state index contributed by atoms with van der Waals surface area (Å²) in [5.41, 5.74) is 3.98. The average molecular weight is 310 g/mol. The lowest BCUT2D eigenvalue weighted by molar-refractivity contribution is 0.699. The zero-order valence-electron chi connectivity index (χ0n) is 10.3. The van der Waals surface area contributed by atoms with Crippen LogP contribution in [-0.2, 0) is 0 Å². The molecule has 0 aliphatic heterocycles. The van der Waals surface area contributed by atoms with Gasteiger partial charge in [0.05, 0.1) is 9.83 Å². The predicted molar refractivity (Wildman–Crippen MR) is 78.8 cm³/mol. The zero-order chi connectivity index (χ0) is 12.4. The van der Waals surface area contributed by atoms with Crippen LogP contribution in [0, 0.1) is 13.8 Å². The molecule has 1 aromatic heterocycles. The Hall–Kier alpha value is -0.640. The quantitative estimate of drug-likeness (QED) is 0.884. The van der Waals surface area contributed by atoms with Gasteiger partial charge in [0.15, 0.2) is 0 Å². The third-order valence-electron chi connectivity index (χ3n) is 2.95. The van der Waals surface area contributed by atoms with Crippen LogP contribution in [0.15, 0.2) is 34.1 Å². The molecule has 1 heterocycles. The van der Waals surface area contributed by atoms with Crippen molar-refractivity contribution in [2.75, 3.05) is 7.05 Å². The molecular weight excluding hydrogens is 294 g/mol. The number of hydrogen-bond acceptors (Lipinski definition) is 2. The fourth-order valence-corrected chi connectivity index (χ4v) is 3.69. The van der Waals surface area contributed by atoms with Gasteiger partial charge in [-0.05, 0) is 59.6 Å². The standard InChI is InChI=1S/C14H16BrNS/c1-9-6-4-5-7-11(9)13(16-3)12-8-10(2)14(15)17-12/h4-8,13,16H,1-3H3. The normalized spacial score (nSPS) is 12.7. The summed E-state index contributed by atoms with van der Waals surface area (Å²) in [5.74, 6) is 0. The van der Waals surface area contributed by atoms with Crippen molar-refractivity contribution in [3.05, 3.63) is 55.7 Å². The van der Waals surface area contributed by atoms with Gasteiger partial charge < -0.3 is 5.32 Å². The van der Waals surface area contributed by atoms with E-state index in [4.69, 9.17) is 0 Å². The highest BCUT2D eigenvalue weighted by molar-refractivity contribution is 9.11. The maximum absolute atomic E-state index is 3.60. The summed E-state index contributed by atoms with van der Waals surface area (Å²) in [4.78, 5) is 1.35. The van der Waals surface area contributed by atoms with Crippen LogP contribution in [0.5, 0.6) is 0 Å². The third-order valence-corrected chi connectivity index (χ3v) is 5.15. The second-order valence-corrected chi connectivity index (χ2v) is 6.59. The monoisotopic (exact) mass is 309 g/mol. The Morgan fingerprint density at radius 2 is 1.88 bits per heavy atom. The van der Waals surface area contributed by atoms with Crippen LogP contribution in [0.3, 0.4) is 0 Å². The second kappa shape index (κ2) is 5.34. The Bertz CT molecular complexity index is 499. The first-order valence-corrected chi connectivity index (χ1v) is 7.23. The van der Waals surface area contributed by atoms with Gasteiger partial charge in [0.1, 0.15) is 0 Å². The van der Waals surface area contributed by atoms with Gasteiger partial charge in [0.25, 0.3) is 0 Å². The molecule has 1 nitrogen and oxygen atoms in total. The molecule has 2 aromatic rings. The minimum atomic E-state index is 0.284. The molecule has 2 rings (SSSR count). The summed E-state index contributed by atoms with van der Waals surface area (Å²) >= 11 is 5.40. The van der Waals surface area contributed by atoms with Gasteiger partial charge in [-0.1, -0.05) is 24.3 Å². The van der Waals surface area contributed by atoms with Crippen LogP contribution in [-0.4, -0.2) is 7.05 Å². The van der Waals surface area contributed by atoms with E-state index < -0.39 is 0 Å². The van der Waals surface area contributed by atoms with E-state index in [1.165, 1.54) is 25.4 Å². The summed E-state index contributed by atoms with van der Waals surface area (Å²) < 4.78 is 1.22. The summed E-state index contributed by atoms with van der Waals surface area (Å²) in [6.07, 6.45) is 0. The van der Waals surface area contributed by atoms with Crippen molar-refractivity contribution in [1.29, 1.82) is 0 Å². The fraction of sp³-hybridized carbons (Fsp3) is 0.286. The maximum atomic E-state index is 3.60. The summed E-state index contributed by atoms with van der Waals surface area (Å²) in [7, 11) is 2.01. The van der Waals surface area contributed by atoms with E-state index in [-0.39, 0.29) is 6.04 Å². The highest BCUT2D eigenvalue weighted by Gasteiger charge is 2.16. The Kier molecular flexibility index (Phi) is 4.02. The average Bonchev–Trinajstić information content (AvgIpc) is 2.63. The molecule has 1 aromatic carbocycles. The molecule has 0 bridgehead atoms. The number of halogens is 1. The Morgan fingerprint density at radius 3 is 2.41 bits per heavy atom. The lowest BCUT2D eigenvalue weighted by Crippen LogP contribution is -2.17. The van der Waals surface area contributed by atoms with Crippen molar-refractivity contribution in [2.45, 2.75) is 19.9 Å². The van der Waals surface area contributed by atoms with E-state index in [1.807, 2.05) is 7.05 Å². The number of aryl methyl sites for hydroxylation is 2. The van der Waals surface area contributed by atoms with Crippen molar-refractivity contribution in [2.24, 2.45) is 0 Å². The van der Waals surface area contributed by atoms with Crippen LogP contribution < -0.4 is 5.32 Å². The highest BCUT2D eigenvalue weighted by atomic mass is 79.9. The first-order valence-electron chi connectivity index (χ1n) is 5.62. The lowest BCUT2D eigenvalue weighted by Gasteiger charge is -2.17. The van der Waals surface area contributed by atoms with Crippen molar-refractivity contribution in [3.63, 3.8) is 0 Å². The van der Waals surface area contributed by atoms with Gasteiger partial charge in [0.2, 0.25) is 0 Å². The number of benzene rings is 1. The topological polar surface area (TPSA) is 12.0 Å². The van der Waals surface area contributed by atoms with Gasteiger partial charge in [-0.25, -0.2) is 0 Å². The fourth-order valence-electron chi connectivity index (χ4n) is 1.99. The molecular formula is C14H16BrNS. The van der Waals surface area contributed by atoms with Crippen LogP contribution >= 0.6 is 27.3 Å². The molecule has 0 fully saturated rings. The molecule has 90 valence electrons. The molecule has 1 N–H and O–H groups in total. The SMILES string of the molecule is CNC(c1cc(C)c(Br)s1)c1ccccc1C. The van der Waals surface area contributed by atoms with Crippen molar-refractivity contribution in [3.8, 4) is 0 Å². The number of rotatable bonds is 3. The van der Waals surface area contributed by atoms with Crippen molar-refractivity contribution in [1.82, 2.24) is 5.32 Å². The molecule has 1 atom stereocenters. The van der Waals surface area contributed by atoms with Crippen LogP contribution in [0.4, 0.5) is 0 Å². The Morgan fingerprint density at radius 1 is 1.18 bits per heavy atom. The van der Waals surface area contributed by atoms with E-state index in [0.717, 1.165) is 0 Å². The van der Waals surface area contributed by atoms with E-state index in [9.17, 15) is 0 Å². The zero-order valence-corrected chi connectivity index (χ0v) is 12.7. The first kappa shape index (κ1) is 12.8. The van der Waals surface area contributed by atoms with Gasteiger partial charge >= 0.3 is 0 Å². The molecule has 17 heavy (non-hydrogen) atoms. The van der Waals surface area contributed by atoms with Gasteiger partial charge in [-0.2, -0.15) is 0 Å². The van der Waals surface area contributed by atoms with E-state index in [1.54, 1.807) is 11.3 Å². The summed E-state index contributed by atoms with van der Waals surface area (Å²) in [5, 5.41) is 3.41. The van der Waals surface area contributed by atoms with Gasteiger partial charge in [0, 0.05) is 4.88 Å². The van der Waals surface area contributed by atoms with Gasteiger partial charge in [-0.15, -0.1) is 11.3 Å². The molecule has 0 aliphatic rings. The Labute approximate surface area is 115 Å². The first-order chi connectivity index (χ1) is 8.13. The molecule has 0 amide bonds. The van der Waals surface area contributed by atoms with E-state index in [2.05, 4.69) is 65.4 Å². The second-order valence-electron chi connectivity index (χ2n) is 4.18. The molecule has 3 heteroatoms. The van der Waals surface area contributed by atoms with Crippen molar-refractivity contribution < 1.29 is 0 Å². The minimum Gasteiger partial charge on any atom is -0.309 e. The minimum absolute atomic E-state index is 0.284. The maximum Gasteiger partial charge on any atom is 0.0731 e. The van der Waals surface area contributed by atoms with Crippen LogP contribution in [0.1, 0.15) is 27.6 Å². The number of hydrogen-bond donors (Lipinski definition) is 1. The Balaban J connectivity index is 2.44. The molecule has 1 unspecified atom stereocenters. The van der Waals surface area contributed by atoms with E-state index in [0.29, 0.717) is 0 Å². The number of nitrogens with one attached hydrogen (secondary N) is 1. The smallest absolute Gasteiger partial charge is 0.0731 e. The molecule has 0 saturated carbocycles.